The summed E-state index contributed by atoms with van der Waals surface area (Å²) in [5, 5.41) is 13.9. The summed E-state index contributed by atoms with van der Waals surface area (Å²) in [6, 6.07) is -5.01. The highest BCUT2D eigenvalue weighted by atomic mass is 16.6. The highest BCUT2D eigenvalue weighted by Crippen LogP contribution is 2.19. The fraction of sp³-hybridized carbons (Fsp3) is 0.812. The Morgan fingerprint density at radius 2 is 1.18 bits per heavy atom. The van der Waals surface area contributed by atoms with E-state index in [-0.39, 0.29) is 80.7 Å². The maximum atomic E-state index is 14.5. The first kappa shape index (κ1) is 61.0. The van der Waals surface area contributed by atoms with Crippen LogP contribution in [0.2, 0.25) is 0 Å². The van der Waals surface area contributed by atoms with E-state index in [1.165, 1.54) is 16.7 Å². The summed E-state index contributed by atoms with van der Waals surface area (Å²) in [4.78, 5) is 123. The smallest absolute Gasteiger partial charge is 0.407 e. The topological polar surface area (TPSA) is 280 Å². The van der Waals surface area contributed by atoms with Gasteiger partial charge in [0.2, 0.25) is 41.4 Å². The second-order valence-corrected chi connectivity index (χ2v) is 20.7. The van der Waals surface area contributed by atoms with Crippen molar-refractivity contribution in [3.63, 3.8) is 0 Å². The molecule has 9 N–H and O–H groups in total. The van der Waals surface area contributed by atoms with Crippen molar-refractivity contribution >= 4 is 53.4 Å². The minimum Gasteiger partial charge on any atom is -0.444 e. The number of carbonyl (C=O) groups is 9. The first-order valence-corrected chi connectivity index (χ1v) is 24.8. The van der Waals surface area contributed by atoms with Crippen molar-refractivity contribution in [2.24, 2.45) is 29.4 Å². The second kappa shape index (κ2) is 31.2. The van der Waals surface area contributed by atoms with E-state index in [2.05, 4.69) is 37.4 Å². The van der Waals surface area contributed by atoms with E-state index in [4.69, 9.17) is 10.5 Å². The molecule has 0 aromatic heterocycles. The standard InChI is InChI=1S/C48H88N10O10/c1-30(2)25-35(42(62)52-36(26-31(3)4)43(63)53-37(27-32(5)6)44(64)56-55-40(60)20-14-13-15-21-49)51-41(61)29-57(23-17-16-22-50-47(67)68-48(10,11)12)46(66)38(28-33(7)8)54-45(65)39-19-18-24-58(39)34(9)59/h30-33,35-39H,13-29,49H2,1-12H3,(H,50,67)(H,51,61)(H,52,62)(H,53,63)(H,54,65)(H,55,60)(H,56,64)/t35-,36-,37-,38-,39-/m0/s1. The van der Waals surface area contributed by atoms with Crippen LogP contribution in [-0.2, 0) is 43.1 Å². The van der Waals surface area contributed by atoms with Crippen LogP contribution >= 0.6 is 0 Å². The van der Waals surface area contributed by atoms with Gasteiger partial charge < -0.3 is 46.9 Å². The molecule has 5 atom stereocenters. The fourth-order valence-corrected chi connectivity index (χ4v) is 7.75. The predicted octanol–water partition coefficient (Wildman–Crippen LogP) is 2.92. The van der Waals surface area contributed by atoms with Gasteiger partial charge in [-0.05, 0) is 115 Å². The minimum absolute atomic E-state index is 0.0246. The quantitative estimate of drug-likeness (QED) is 0.0399. The van der Waals surface area contributed by atoms with Crippen molar-refractivity contribution in [2.45, 2.75) is 196 Å². The highest BCUT2D eigenvalue weighted by Gasteiger charge is 2.37. The molecule has 0 unspecified atom stereocenters. The van der Waals surface area contributed by atoms with Gasteiger partial charge in [0.05, 0.1) is 6.54 Å². The molecule has 0 bridgehead atoms. The molecule has 1 heterocycles. The number of hydrogen-bond acceptors (Lipinski definition) is 11. The number of unbranched alkanes of at least 4 members (excludes halogenated alkanes) is 3. The SMILES string of the molecule is CC(=O)N1CCC[C@H]1C(=O)N[C@@H](CC(C)C)C(=O)N(CCCCNC(=O)OC(C)(C)C)CC(=O)N[C@@H](CC(C)C)C(=O)N[C@@H](CC(C)C)C(=O)N[C@@H](CC(C)C)C(=O)NNC(=O)CCCCCN. The van der Waals surface area contributed by atoms with Crippen LogP contribution in [0.1, 0.15) is 160 Å². The largest absolute Gasteiger partial charge is 0.444 e. The molecular weight excluding hydrogens is 877 g/mol. The zero-order valence-corrected chi connectivity index (χ0v) is 43.3. The fourth-order valence-electron chi connectivity index (χ4n) is 7.75. The summed E-state index contributed by atoms with van der Waals surface area (Å²) in [6.07, 6.45) is 4.52. The summed E-state index contributed by atoms with van der Waals surface area (Å²) in [6.45, 7) is 22.5. The Labute approximate surface area is 405 Å². The Balaban J connectivity index is 3.35. The Hall–Kier alpha value is -5.01. The normalized spacial score (nSPS) is 15.5. The van der Waals surface area contributed by atoms with E-state index in [0.717, 1.165) is 12.8 Å². The molecule has 9 amide bonds. The maximum absolute atomic E-state index is 14.5. The van der Waals surface area contributed by atoms with E-state index in [0.29, 0.717) is 45.2 Å². The third-order valence-corrected chi connectivity index (χ3v) is 10.9. The molecule has 1 saturated heterocycles. The Kier molecular flexibility index (Phi) is 28.0. The number of likely N-dealkylation sites (tertiary alicyclic amines) is 1. The predicted molar refractivity (Wildman–Crippen MR) is 260 cm³/mol. The molecule has 390 valence electrons. The van der Waals surface area contributed by atoms with Gasteiger partial charge >= 0.3 is 6.09 Å². The van der Waals surface area contributed by atoms with Gasteiger partial charge in [-0.1, -0.05) is 61.8 Å². The lowest BCUT2D eigenvalue weighted by atomic mass is 9.98. The number of alkyl carbamates (subject to hydrolysis) is 1. The molecule has 20 nitrogen and oxygen atoms in total. The zero-order chi connectivity index (χ0) is 51.7. The van der Waals surface area contributed by atoms with Crippen LogP contribution in [0.15, 0.2) is 0 Å². The van der Waals surface area contributed by atoms with Crippen molar-refractivity contribution in [2.75, 3.05) is 32.7 Å². The molecule has 0 aromatic rings. The molecule has 1 rings (SSSR count). The number of rotatable bonds is 29. The minimum atomic E-state index is -1.12. The van der Waals surface area contributed by atoms with Crippen molar-refractivity contribution < 1.29 is 47.9 Å². The summed E-state index contributed by atoms with van der Waals surface area (Å²) in [5.41, 5.74) is 9.66. The number of hydrazine groups is 1. The van der Waals surface area contributed by atoms with E-state index >= 15 is 0 Å². The van der Waals surface area contributed by atoms with Crippen LogP contribution < -0.4 is 43.2 Å². The first-order chi connectivity index (χ1) is 31.7. The monoisotopic (exact) mass is 965 g/mol. The molecule has 68 heavy (non-hydrogen) atoms. The van der Waals surface area contributed by atoms with Gasteiger partial charge in [-0.3, -0.25) is 49.2 Å². The second-order valence-electron chi connectivity index (χ2n) is 20.7. The molecule has 0 aliphatic carbocycles. The number of ether oxygens (including phenoxy) is 1. The Morgan fingerprint density at radius 1 is 0.647 bits per heavy atom. The van der Waals surface area contributed by atoms with E-state index in [1.54, 1.807) is 20.8 Å². The molecular formula is C48H88N10O10. The van der Waals surface area contributed by atoms with Crippen LogP contribution in [0.4, 0.5) is 4.79 Å². The summed E-state index contributed by atoms with van der Waals surface area (Å²) in [7, 11) is 0. The maximum Gasteiger partial charge on any atom is 0.407 e. The molecule has 1 aliphatic heterocycles. The van der Waals surface area contributed by atoms with Gasteiger partial charge in [-0.15, -0.1) is 0 Å². The first-order valence-electron chi connectivity index (χ1n) is 24.8. The lowest BCUT2D eigenvalue weighted by molar-refractivity contribution is -0.142. The Morgan fingerprint density at radius 3 is 1.69 bits per heavy atom. The number of nitrogens with zero attached hydrogens (tertiary/aromatic N) is 2. The van der Waals surface area contributed by atoms with Crippen molar-refractivity contribution in [3.05, 3.63) is 0 Å². The molecule has 0 spiro atoms. The molecule has 1 fully saturated rings. The Bertz CT molecular complexity index is 1650. The lowest BCUT2D eigenvalue weighted by Crippen LogP contribution is -2.59. The van der Waals surface area contributed by atoms with E-state index in [1.807, 2.05) is 55.4 Å². The number of nitrogens with two attached hydrogens (primary N) is 1. The molecule has 0 aromatic carbocycles. The van der Waals surface area contributed by atoms with Crippen molar-refractivity contribution in [1.29, 1.82) is 0 Å². The van der Waals surface area contributed by atoms with Crippen molar-refractivity contribution in [1.82, 2.24) is 47.2 Å². The average molecular weight is 965 g/mol. The van der Waals surface area contributed by atoms with Crippen molar-refractivity contribution in [3.8, 4) is 0 Å². The van der Waals surface area contributed by atoms with Gasteiger partial charge in [0.15, 0.2) is 0 Å². The summed E-state index contributed by atoms with van der Waals surface area (Å²) in [5.74, 6) is -4.35. The lowest BCUT2D eigenvalue weighted by Gasteiger charge is -2.31. The third-order valence-electron chi connectivity index (χ3n) is 10.9. The van der Waals surface area contributed by atoms with Gasteiger partial charge in [-0.25, -0.2) is 4.79 Å². The average Bonchev–Trinajstić information content (AvgIpc) is 3.72. The van der Waals surface area contributed by atoms with Gasteiger partial charge in [-0.2, -0.15) is 0 Å². The summed E-state index contributed by atoms with van der Waals surface area (Å²) < 4.78 is 5.32. The molecule has 20 heteroatoms. The molecule has 1 aliphatic rings. The molecule has 0 radical (unpaired) electrons. The number of carbonyl (C=O) groups excluding carboxylic acids is 9. The van der Waals surface area contributed by atoms with Crippen LogP contribution in [0.25, 0.3) is 0 Å². The van der Waals surface area contributed by atoms with E-state index in [9.17, 15) is 43.2 Å². The van der Waals surface area contributed by atoms with Crippen LogP contribution in [0.5, 0.6) is 0 Å². The third kappa shape index (κ3) is 25.4. The van der Waals surface area contributed by atoms with Crippen LogP contribution in [-0.4, -0.2) is 132 Å². The number of amides is 9. The van der Waals surface area contributed by atoms with Gasteiger partial charge in [0, 0.05) is 33.0 Å². The summed E-state index contributed by atoms with van der Waals surface area (Å²) >= 11 is 0. The van der Waals surface area contributed by atoms with Gasteiger partial charge in [0.1, 0.15) is 35.8 Å². The van der Waals surface area contributed by atoms with E-state index < -0.39 is 83.9 Å². The van der Waals surface area contributed by atoms with Crippen LogP contribution in [0, 0.1) is 23.7 Å². The molecule has 0 saturated carbocycles. The van der Waals surface area contributed by atoms with Gasteiger partial charge in [0.25, 0.3) is 5.91 Å². The number of nitrogens with one attached hydrogen (secondary N) is 7. The van der Waals surface area contributed by atoms with Crippen LogP contribution in [0.3, 0.4) is 0 Å². The number of hydrogen-bond donors (Lipinski definition) is 8. The highest BCUT2D eigenvalue weighted by molar-refractivity contribution is 5.96. The zero-order valence-electron chi connectivity index (χ0n) is 43.3.